The van der Waals surface area contributed by atoms with Crippen LogP contribution in [0.4, 0.5) is 0 Å². The van der Waals surface area contributed by atoms with Crippen LogP contribution in [0.5, 0.6) is 0 Å². The van der Waals surface area contributed by atoms with E-state index in [9.17, 15) is 4.79 Å². The van der Waals surface area contributed by atoms with E-state index >= 15 is 0 Å². The summed E-state index contributed by atoms with van der Waals surface area (Å²) in [6.07, 6.45) is 5.38. The summed E-state index contributed by atoms with van der Waals surface area (Å²) < 4.78 is 0. The largest absolute Gasteiger partial charge is 0.409 e. The zero-order valence-corrected chi connectivity index (χ0v) is 11.5. The van der Waals surface area contributed by atoms with Gasteiger partial charge >= 0.3 is 0 Å². The van der Waals surface area contributed by atoms with Gasteiger partial charge in [0.1, 0.15) is 5.41 Å². The molecule has 0 heterocycles. The van der Waals surface area contributed by atoms with Gasteiger partial charge in [-0.25, -0.2) is 0 Å². The van der Waals surface area contributed by atoms with Crippen molar-refractivity contribution in [1.82, 2.24) is 4.90 Å². The van der Waals surface area contributed by atoms with Gasteiger partial charge in [-0.1, -0.05) is 31.3 Å². The highest BCUT2D eigenvalue weighted by atomic mass is 16.4. The van der Waals surface area contributed by atoms with Crippen LogP contribution in [0.1, 0.15) is 52.4 Å². The Bertz CT molecular complexity index is 309. The van der Waals surface area contributed by atoms with E-state index in [1.807, 2.05) is 11.8 Å². The van der Waals surface area contributed by atoms with E-state index < -0.39 is 5.41 Å². The number of rotatable bonds is 6. The van der Waals surface area contributed by atoms with E-state index in [0.29, 0.717) is 19.4 Å². The summed E-state index contributed by atoms with van der Waals surface area (Å²) in [6.45, 7) is 5.52. The second-order valence-corrected chi connectivity index (χ2v) is 5.01. The average molecular weight is 255 g/mol. The topological polar surface area (TPSA) is 78.9 Å². The summed E-state index contributed by atoms with van der Waals surface area (Å²) in [5, 5.41) is 12.0. The first-order chi connectivity index (χ1) is 8.62. The Morgan fingerprint density at radius 2 is 2.00 bits per heavy atom. The molecule has 1 saturated carbocycles. The van der Waals surface area contributed by atoms with Gasteiger partial charge in [0.25, 0.3) is 0 Å². The van der Waals surface area contributed by atoms with Crippen molar-refractivity contribution in [1.29, 1.82) is 0 Å². The van der Waals surface area contributed by atoms with Crippen LogP contribution in [0.2, 0.25) is 0 Å². The van der Waals surface area contributed by atoms with Gasteiger partial charge in [-0.05, 0) is 26.2 Å². The highest BCUT2D eigenvalue weighted by Gasteiger charge is 2.47. The van der Waals surface area contributed by atoms with Crippen LogP contribution >= 0.6 is 0 Å². The van der Waals surface area contributed by atoms with Gasteiger partial charge in [0.05, 0.1) is 0 Å². The molecular formula is C13H25N3O2. The first-order valence-corrected chi connectivity index (χ1v) is 6.89. The van der Waals surface area contributed by atoms with Gasteiger partial charge in [0.15, 0.2) is 5.84 Å². The average Bonchev–Trinajstić information content (AvgIpc) is 2.89. The molecule has 0 atom stereocenters. The number of nitrogens with two attached hydrogens (primary N) is 1. The monoisotopic (exact) mass is 255 g/mol. The molecule has 0 radical (unpaired) electrons. The highest BCUT2D eigenvalue weighted by molar-refractivity contribution is 6.07. The quantitative estimate of drug-likeness (QED) is 0.329. The molecule has 0 aromatic rings. The molecule has 0 bridgehead atoms. The number of carbonyl (C=O) groups is 1. The van der Waals surface area contributed by atoms with Crippen LogP contribution in [0.3, 0.4) is 0 Å². The molecule has 3 N–H and O–H groups in total. The predicted octanol–water partition coefficient (Wildman–Crippen LogP) is 1.94. The molecule has 104 valence electrons. The van der Waals surface area contributed by atoms with E-state index in [2.05, 4.69) is 12.1 Å². The van der Waals surface area contributed by atoms with E-state index in [0.717, 1.165) is 32.2 Å². The maximum absolute atomic E-state index is 12.7. The van der Waals surface area contributed by atoms with Crippen molar-refractivity contribution in [2.75, 3.05) is 13.1 Å². The zero-order chi connectivity index (χ0) is 13.6. The minimum atomic E-state index is -0.751. The summed E-state index contributed by atoms with van der Waals surface area (Å²) >= 11 is 0. The Hall–Kier alpha value is -1.26. The lowest BCUT2D eigenvalue weighted by atomic mass is 9.83. The summed E-state index contributed by atoms with van der Waals surface area (Å²) in [5.74, 6) is 0.117. The molecule has 0 aromatic heterocycles. The second kappa shape index (κ2) is 6.61. The molecule has 0 spiro atoms. The third kappa shape index (κ3) is 2.76. The molecule has 1 rings (SSSR count). The van der Waals surface area contributed by atoms with Gasteiger partial charge in [-0.3, -0.25) is 4.79 Å². The van der Waals surface area contributed by atoms with Gasteiger partial charge in [-0.15, -0.1) is 0 Å². The Morgan fingerprint density at radius 1 is 1.39 bits per heavy atom. The van der Waals surface area contributed by atoms with Crippen molar-refractivity contribution in [2.45, 2.75) is 52.4 Å². The predicted molar refractivity (Wildman–Crippen MR) is 71.5 cm³/mol. The Labute approximate surface area is 109 Å². The number of amidine groups is 1. The lowest BCUT2D eigenvalue weighted by Crippen LogP contribution is -2.50. The number of hydrogen-bond acceptors (Lipinski definition) is 3. The standard InChI is InChI=1S/C13H25N3O2/c1-3-5-10-16(4-2)12(17)13(11(14)15-18)8-6-7-9-13/h18H,3-10H2,1-2H3,(H2,14,15). The Balaban J connectivity index is 2.88. The van der Waals surface area contributed by atoms with Crippen molar-refractivity contribution in [2.24, 2.45) is 16.3 Å². The van der Waals surface area contributed by atoms with Crippen LogP contribution in [0.25, 0.3) is 0 Å². The molecule has 1 aliphatic carbocycles. The van der Waals surface area contributed by atoms with Gasteiger partial charge < -0.3 is 15.8 Å². The molecule has 0 aliphatic heterocycles. The molecule has 0 aromatic carbocycles. The van der Waals surface area contributed by atoms with E-state index in [4.69, 9.17) is 10.9 Å². The van der Waals surface area contributed by atoms with Crippen LogP contribution in [0, 0.1) is 5.41 Å². The number of nitrogens with zero attached hydrogens (tertiary/aromatic N) is 2. The Morgan fingerprint density at radius 3 is 2.44 bits per heavy atom. The van der Waals surface area contributed by atoms with Crippen LogP contribution < -0.4 is 5.73 Å². The first kappa shape index (κ1) is 14.8. The fourth-order valence-corrected chi connectivity index (χ4v) is 2.71. The number of unbranched alkanes of at least 4 members (excludes halogenated alkanes) is 1. The Kier molecular flexibility index (Phi) is 5.44. The zero-order valence-electron chi connectivity index (χ0n) is 11.5. The molecule has 5 heteroatoms. The number of amides is 1. The smallest absolute Gasteiger partial charge is 0.236 e. The van der Waals surface area contributed by atoms with E-state index in [1.165, 1.54) is 0 Å². The van der Waals surface area contributed by atoms with Crippen LogP contribution in [-0.4, -0.2) is 34.9 Å². The fraction of sp³-hybridized carbons (Fsp3) is 0.846. The van der Waals surface area contributed by atoms with Gasteiger partial charge in [-0.2, -0.15) is 0 Å². The van der Waals surface area contributed by atoms with Crippen molar-refractivity contribution < 1.29 is 10.0 Å². The first-order valence-electron chi connectivity index (χ1n) is 6.89. The molecule has 1 fully saturated rings. The summed E-state index contributed by atoms with van der Waals surface area (Å²) in [7, 11) is 0. The van der Waals surface area contributed by atoms with Crippen LogP contribution in [-0.2, 0) is 4.79 Å². The molecule has 0 unspecified atom stereocenters. The highest BCUT2D eigenvalue weighted by Crippen LogP contribution is 2.40. The van der Waals surface area contributed by atoms with Crippen molar-refractivity contribution in [3.05, 3.63) is 0 Å². The summed E-state index contributed by atoms with van der Waals surface area (Å²) in [4.78, 5) is 14.5. The molecule has 5 nitrogen and oxygen atoms in total. The van der Waals surface area contributed by atoms with Crippen molar-refractivity contribution in [3.8, 4) is 0 Å². The number of oxime groups is 1. The second-order valence-electron chi connectivity index (χ2n) is 5.01. The van der Waals surface area contributed by atoms with E-state index in [-0.39, 0.29) is 11.7 Å². The summed E-state index contributed by atoms with van der Waals surface area (Å²) in [5.41, 5.74) is 5.04. The lowest BCUT2D eigenvalue weighted by Gasteiger charge is -2.32. The molecular weight excluding hydrogens is 230 g/mol. The normalized spacial score (nSPS) is 18.9. The van der Waals surface area contributed by atoms with Gasteiger partial charge in [0.2, 0.25) is 5.91 Å². The maximum Gasteiger partial charge on any atom is 0.236 e. The number of carbonyl (C=O) groups excluding carboxylic acids is 1. The molecule has 18 heavy (non-hydrogen) atoms. The third-order valence-corrected chi connectivity index (χ3v) is 3.92. The third-order valence-electron chi connectivity index (χ3n) is 3.92. The fourth-order valence-electron chi connectivity index (χ4n) is 2.71. The van der Waals surface area contributed by atoms with E-state index in [1.54, 1.807) is 0 Å². The van der Waals surface area contributed by atoms with Crippen molar-refractivity contribution in [3.63, 3.8) is 0 Å². The van der Waals surface area contributed by atoms with Crippen LogP contribution in [0.15, 0.2) is 5.16 Å². The number of hydrogen-bond donors (Lipinski definition) is 2. The minimum absolute atomic E-state index is 0.0336. The SMILES string of the molecule is CCCCN(CC)C(=O)C1(C(N)=NO)CCCC1. The minimum Gasteiger partial charge on any atom is -0.409 e. The maximum atomic E-state index is 12.7. The van der Waals surface area contributed by atoms with Gasteiger partial charge in [0, 0.05) is 13.1 Å². The molecule has 0 saturated heterocycles. The summed E-state index contributed by atoms with van der Waals surface area (Å²) in [6, 6.07) is 0. The molecule has 1 amide bonds. The lowest BCUT2D eigenvalue weighted by molar-refractivity contribution is -0.138. The van der Waals surface area contributed by atoms with Crippen molar-refractivity contribution >= 4 is 11.7 Å². The molecule has 1 aliphatic rings.